The summed E-state index contributed by atoms with van der Waals surface area (Å²) in [5.41, 5.74) is 3.35. The Morgan fingerprint density at radius 1 is 1.22 bits per heavy atom. The predicted octanol–water partition coefficient (Wildman–Crippen LogP) is 3.07. The van der Waals surface area contributed by atoms with Gasteiger partial charge in [-0.25, -0.2) is 0 Å². The number of nitrogens with one attached hydrogen (secondary N) is 2. The van der Waals surface area contributed by atoms with Crippen LogP contribution in [0.3, 0.4) is 0 Å². The summed E-state index contributed by atoms with van der Waals surface area (Å²) < 4.78 is 0. The number of amides is 1. The third-order valence-electron chi connectivity index (χ3n) is 4.39. The SMILES string of the molecule is CC(NC(=O)[C@H]1CCCCN1)c1ccc(-c2cccnc2)cc1. The highest BCUT2D eigenvalue weighted by atomic mass is 16.2. The first kappa shape index (κ1) is 15.7. The van der Waals surface area contributed by atoms with E-state index in [9.17, 15) is 4.79 Å². The number of nitrogens with zero attached hydrogens (tertiary/aromatic N) is 1. The van der Waals surface area contributed by atoms with Crippen molar-refractivity contribution in [2.75, 3.05) is 6.54 Å². The van der Waals surface area contributed by atoms with E-state index in [0.29, 0.717) is 0 Å². The summed E-state index contributed by atoms with van der Waals surface area (Å²) in [6, 6.07) is 12.2. The number of hydrogen-bond donors (Lipinski definition) is 2. The molecule has 2 N–H and O–H groups in total. The first-order valence-corrected chi connectivity index (χ1v) is 8.28. The molecule has 1 aliphatic heterocycles. The Balaban J connectivity index is 1.63. The molecule has 1 fully saturated rings. The van der Waals surface area contributed by atoms with Gasteiger partial charge in [0.05, 0.1) is 12.1 Å². The fraction of sp³-hybridized carbons (Fsp3) is 0.368. The van der Waals surface area contributed by atoms with Crippen LogP contribution in [0.15, 0.2) is 48.8 Å². The van der Waals surface area contributed by atoms with Crippen molar-refractivity contribution in [1.29, 1.82) is 0 Å². The fourth-order valence-corrected chi connectivity index (χ4v) is 2.97. The van der Waals surface area contributed by atoms with Crippen LogP contribution in [-0.2, 0) is 4.79 Å². The average molecular weight is 309 g/mol. The third kappa shape index (κ3) is 3.96. The van der Waals surface area contributed by atoms with E-state index in [1.807, 2.05) is 25.3 Å². The Morgan fingerprint density at radius 3 is 2.70 bits per heavy atom. The fourth-order valence-electron chi connectivity index (χ4n) is 2.97. The lowest BCUT2D eigenvalue weighted by Crippen LogP contribution is -2.47. The molecule has 1 unspecified atom stereocenters. The van der Waals surface area contributed by atoms with Crippen LogP contribution in [0.2, 0.25) is 0 Å². The summed E-state index contributed by atoms with van der Waals surface area (Å²) in [5, 5.41) is 6.40. The molecule has 1 aromatic carbocycles. The number of benzene rings is 1. The average Bonchev–Trinajstić information content (AvgIpc) is 2.63. The summed E-state index contributed by atoms with van der Waals surface area (Å²) in [6.07, 6.45) is 6.84. The number of pyridine rings is 1. The van der Waals surface area contributed by atoms with Crippen LogP contribution < -0.4 is 10.6 Å². The maximum Gasteiger partial charge on any atom is 0.237 e. The Labute approximate surface area is 137 Å². The summed E-state index contributed by atoms with van der Waals surface area (Å²) in [7, 11) is 0. The molecular formula is C19H23N3O. The quantitative estimate of drug-likeness (QED) is 0.912. The molecule has 2 heterocycles. The molecule has 1 amide bonds. The van der Waals surface area contributed by atoms with Gasteiger partial charge in [-0.15, -0.1) is 0 Å². The van der Waals surface area contributed by atoms with E-state index in [1.54, 1.807) is 6.20 Å². The van der Waals surface area contributed by atoms with Gasteiger partial charge in [-0.3, -0.25) is 9.78 Å². The molecule has 3 rings (SSSR count). The van der Waals surface area contributed by atoms with Crippen LogP contribution in [0.25, 0.3) is 11.1 Å². The van der Waals surface area contributed by atoms with E-state index in [0.717, 1.165) is 42.5 Å². The van der Waals surface area contributed by atoms with Gasteiger partial charge >= 0.3 is 0 Å². The molecular weight excluding hydrogens is 286 g/mol. The Bertz CT molecular complexity index is 633. The van der Waals surface area contributed by atoms with Crippen molar-refractivity contribution in [1.82, 2.24) is 15.6 Å². The van der Waals surface area contributed by atoms with Crippen molar-refractivity contribution < 1.29 is 4.79 Å². The second kappa shape index (κ2) is 7.38. The minimum Gasteiger partial charge on any atom is -0.348 e. The Kier molecular flexibility index (Phi) is 5.03. The maximum absolute atomic E-state index is 12.3. The summed E-state index contributed by atoms with van der Waals surface area (Å²) >= 11 is 0. The second-order valence-electron chi connectivity index (χ2n) is 6.10. The largest absolute Gasteiger partial charge is 0.348 e. The minimum atomic E-state index is -0.0409. The lowest BCUT2D eigenvalue weighted by Gasteiger charge is -2.24. The molecule has 0 spiro atoms. The molecule has 0 aliphatic carbocycles. The van der Waals surface area contributed by atoms with Gasteiger partial charge in [0.1, 0.15) is 0 Å². The van der Waals surface area contributed by atoms with Gasteiger partial charge in [-0.05, 0) is 49.1 Å². The molecule has 0 bridgehead atoms. The van der Waals surface area contributed by atoms with Gasteiger partial charge < -0.3 is 10.6 Å². The zero-order valence-electron chi connectivity index (χ0n) is 13.5. The monoisotopic (exact) mass is 309 g/mol. The van der Waals surface area contributed by atoms with Crippen LogP contribution in [0.4, 0.5) is 0 Å². The van der Waals surface area contributed by atoms with Crippen molar-refractivity contribution in [3.8, 4) is 11.1 Å². The molecule has 2 aromatic rings. The van der Waals surface area contributed by atoms with Crippen molar-refractivity contribution in [3.63, 3.8) is 0 Å². The van der Waals surface area contributed by atoms with E-state index in [1.165, 1.54) is 0 Å². The van der Waals surface area contributed by atoms with Gasteiger partial charge in [0, 0.05) is 12.4 Å². The van der Waals surface area contributed by atoms with Gasteiger partial charge in [0.2, 0.25) is 5.91 Å². The highest BCUT2D eigenvalue weighted by Crippen LogP contribution is 2.21. The molecule has 1 saturated heterocycles. The number of hydrogen-bond acceptors (Lipinski definition) is 3. The van der Waals surface area contributed by atoms with Crippen molar-refractivity contribution in [2.24, 2.45) is 0 Å². The molecule has 120 valence electrons. The van der Waals surface area contributed by atoms with Crippen LogP contribution in [0, 0.1) is 0 Å². The highest BCUT2D eigenvalue weighted by molar-refractivity contribution is 5.82. The number of rotatable bonds is 4. The molecule has 4 nitrogen and oxygen atoms in total. The van der Waals surface area contributed by atoms with Crippen molar-refractivity contribution in [2.45, 2.75) is 38.3 Å². The smallest absolute Gasteiger partial charge is 0.237 e. The van der Waals surface area contributed by atoms with Crippen LogP contribution in [0.1, 0.15) is 37.8 Å². The first-order valence-electron chi connectivity index (χ1n) is 8.28. The number of piperidine rings is 1. The van der Waals surface area contributed by atoms with Crippen molar-refractivity contribution >= 4 is 5.91 Å². The summed E-state index contributed by atoms with van der Waals surface area (Å²) in [6.45, 7) is 2.96. The predicted molar refractivity (Wildman–Crippen MR) is 91.9 cm³/mol. The molecule has 2 atom stereocenters. The van der Waals surface area contributed by atoms with Gasteiger partial charge in [0.15, 0.2) is 0 Å². The lowest BCUT2D eigenvalue weighted by atomic mass is 10.0. The molecule has 1 aromatic heterocycles. The van der Waals surface area contributed by atoms with Crippen LogP contribution in [0.5, 0.6) is 0 Å². The lowest BCUT2D eigenvalue weighted by molar-refractivity contribution is -0.124. The van der Waals surface area contributed by atoms with E-state index in [-0.39, 0.29) is 18.0 Å². The van der Waals surface area contributed by atoms with Gasteiger partial charge in [0.25, 0.3) is 0 Å². The third-order valence-corrected chi connectivity index (χ3v) is 4.39. The summed E-state index contributed by atoms with van der Waals surface area (Å²) in [4.78, 5) is 16.4. The van der Waals surface area contributed by atoms with Gasteiger partial charge in [-0.2, -0.15) is 0 Å². The van der Waals surface area contributed by atoms with Crippen LogP contribution in [-0.4, -0.2) is 23.5 Å². The zero-order chi connectivity index (χ0) is 16.1. The van der Waals surface area contributed by atoms with Crippen LogP contribution >= 0.6 is 0 Å². The molecule has 0 radical (unpaired) electrons. The Hall–Kier alpha value is -2.20. The number of aromatic nitrogens is 1. The topological polar surface area (TPSA) is 54.0 Å². The van der Waals surface area contributed by atoms with E-state index in [2.05, 4.69) is 39.9 Å². The van der Waals surface area contributed by atoms with Gasteiger partial charge in [-0.1, -0.05) is 36.8 Å². The normalized spacial score (nSPS) is 19.1. The summed E-state index contributed by atoms with van der Waals surface area (Å²) in [5.74, 6) is 0.105. The Morgan fingerprint density at radius 2 is 2.04 bits per heavy atom. The number of carbonyl (C=O) groups is 1. The minimum absolute atomic E-state index is 0.00850. The van der Waals surface area contributed by atoms with E-state index >= 15 is 0 Å². The zero-order valence-corrected chi connectivity index (χ0v) is 13.5. The molecule has 23 heavy (non-hydrogen) atoms. The van der Waals surface area contributed by atoms with E-state index < -0.39 is 0 Å². The molecule has 1 aliphatic rings. The second-order valence-corrected chi connectivity index (χ2v) is 6.10. The molecule has 0 saturated carbocycles. The first-order chi connectivity index (χ1) is 11.2. The maximum atomic E-state index is 12.3. The standard InChI is InChI=1S/C19H23N3O/c1-14(22-19(23)18-6-2-3-12-21-18)15-7-9-16(10-8-15)17-5-4-11-20-13-17/h4-5,7-11,13-14,18,21H,2-3,6,12H2,1H3,(H,22,23)/t14?,18-/m1/s1. The van der Waals surface area contributed by atoms with E-state index in [4.69, 9.17) is 0 Å². The number of carbonyl (C=O) groups excluding carboxylic acids is 1. The van der Waals surface area contributed by atoms with Crippen molar-refractivity contribution in [3.05, 3.63) is 54.4 Å². The molecule has 4 heteroatoms. The highest BCUT2D eigenvalue weighted by Gasteiger charge is 2.21.